The molecule has 0 aliphatic carbocycles. The van der Waals surface area contributed by atoms with Crippen LogP contribution in [0.25, 0.3) is 10.9 Å². The average Bonchev–Trinajstić information content (AvgIpc) is 2.84. The number of amides is 1. The Bertz CT molecular complexity index is 1530. The third-order valence-corrected chi connectivity index (χ3v) is 7.37. The zero-order valence-electron chi connectivity index (χ0n) is 19.6. The number of nitrogens with one attached hydrogen (secondary N) is 2. The molecule has 0 bridgehead atoms. The Balaban J connectivity index is 1.92. The van der Waals surface area contributed by atoms with Crippen LogP contribution in [0.1, 0.15) is 21.5 Å². The number of carbonyl (C=O) groups excluding carboxylic acids is 1. The van der Waals surface area contributed by atoms with Crippen molar-refractivity contribution in [1.82, 2.24) is 10.3 Å². The zero-order valence-corrected chi connectivity index (χ0v) is 20.4. The first-order valence-corrected chi connectivity index (χ1v) is 12.4. The van der Waals surface area contributed by atoms with E-state index in [0.717, 1.165) is 5.56 Å². The van der Waals surface area contributed by atoms with Crippen LogP contribution >= 0.6 is 0 Å². The maximum absolute atomic E-state index is 13.6. The number of hydrogen-bond acceptors (Lipinski definition) is 7. The number of pyridine rings is 1. The normalized spacial score (nSPS) is 11.4. The predicted molar refractivity (Wildman–Crippen MR) is 136 cm³/mol. The molecule has 0 atom stereocenters. The molecule has 8 nitrogen and oxygen atoms in total. The van der Waals surface area contributed by atoms with Gasteiger partial charge < -0.3 is 21.1 Å². The highest BCUT2D eigenvalue weighted by Gasteiger charge is 2.22. The van der Waals surface area contributed by atoms with Crippen LogP contribution in [0.2, 0.25) is 0 Å². The third-order valence-electron chi connectivity index (χ3n) is 5.64. The second-order valence-electron chi connectivity index (χ2n) is 8.09. The summed E-state index contributed by atoms with van der Waals surface area (Å²) < 4.78 is 32.5. The summed E-state index contributed by atoms with van der Waals surface area (Å²) in [6, 6.07) is 17.1. The molecule has 4 rings (SSSR count). The minimum atomic E-state index is -3.85. The van der Waals surface area contributed by atoms with E-state index in [1.807, 2.05) is 6.07 Å². The maximum Gasteiger partial charge on any atom is 0.252 e. The van der Waals surface area contributed by atoms with Gasteiger partial charge in [-0.25, -0.2) is 8.42 Å². The summed E-state index contributed by atoms with van der Waals surface area (Å²) in [4.78, 5) is 16.9. The molecule has 4 N–H and O–H groups in total. The number of sulfone groups is 1. The van der Waals surface area contributed by atoms with E-state index in [1.54, 1.807) is 69.6 Å². The van der Waals surface area contributed by atoms with Crippen LogP contribution in [0.3, 0.4) is 0 Å². The first-order valence-electron chi connectivity index (χ1n) is 10.9. The van der Waals surface area contributed by atoms with Crippen molar-refractivity contribution in [2.45, 2.75) is 23.3 Å². The second kappa shape index (κ2) is 9.73. The van der Waals surface area contributed by atoms with Gasteiger partial charge in [0.15, 0.2) is 0 Å². The molecule has 0 saturated heterocycles. The summed E-state index contributed by atoms with van der Waals surface area (Å²) in [7, 11) is -0.490. The van der Waals surface area contributed by atoms with Crippen LogP contribution in [0, 0.1) is 6.92 Å². The van der Waals surface area contributed by atoms with Crippen molar-refractivity contribution in [3.05, 3.63) is 83.6 Å². The summed E-state index contributed by atoms with van der Waals surface area (Å²) in [6.45, 7) is 2.33. The number of fused-ring (bicyclic) bond motifs is 1. The lowest BCUT2D eigenvalue weighted by Gasteiger charge is -2.16. The van der Waals surface area contributed by atoms with E-state index in [1.165, 1.54) is 12.3 Å². The van der Waals surface area contributed by atoms with Gasteiger partial charge in [0.2, 0.25) is 9.84 Å². The number of methoxy groups -OCH3 is 1. The Morgan fingerprint density at radius 2 is 1.83 bits per heavy atom. The molecule has 0 saturated carbocycles. The summed E-state index contributed by atoms with van der Waals surface area (Å²) >= 11 is 0. The number of anilines is 2. The number of aromatic nitrogens is 1. The number of nitrogens with two attached hydrogens (primary N) is 1. The Hall–Kier alpha value is -3.95. The molecule has 180 valence electrons. The van der Waals surface area contributed by atoms with Gasteiger partial charge in [0.25, 0.3) is 5.91 Å². The molecule has 35 heavy (non-hydrogen) atoms. The lowest BCUT2D eigenvalue weighted by Crippen LogP contribution is -2.14. The van der Waals surface area contributed by atoms with Gasteiger partial charge in [0.05, 0.1) is 33.7 Å². The lowest BCUT2D eigenvalue weighted by atomic mass is 10.1. The van der Waals surface area contributed by atoms with Gasteiger partial charge in [-0.05, 0) is 61.5 Å². The first kappa shape index (κ1) is 24.2. The Morgan fingerprint density at radius 3 is 2.54 bits per heavy atom. The maximum atomic E-state index is 13.6. The van der Waals surface area contributed by atoms with E-state index in [2.05, 4.69) is 15.6 Å². The largest absolute Gasteiger partial charge is 0.497 e. The minimum absolute atomic E-state index is 0.0984. The zero-order chi connectivity index (χ0) is 25.2. The van der Waals surface area contributed by atoms with Crippen LogP contribution in [-0.4, -0.2) is 33.5 Å². The van der Waals surface area contributed by atoms with Gasteiger partial charge in [0.1, 0.15) is 5.75 Å². The van der Waals surface area contributed by atoms with Gasteiger partial charge in [0, 0.05) is 29.9 Å². The Morgan fingerprint density at radius 1 is 1.06 bits per heavy atom. The number of benzene rings is 3. The molecule has 0 unspecified atom stereocenters. The number of rotatable bonds is 8. The molecule has 9 heteroatoms. The average molecular weight is 491 g/mol. The molecule has 4 aromatic rings. The molecule has 3 aromatic carbocycles. The second-order valence-corrected chi connectivity index (χ2v) is 10.0. The predicted octanol–water partition coefficient (Wildman–Crippen LogP) is 3.95. The van der Waals surface area contributed by atoms with Crippen molar-refractivity contribution >= 4 is 38.0 Å². The van der Waals surface area contributed by atoms with E-state index in [4.69, 9.17) is 10.5 Å². The minimum Gasteiger partial charge on any atom is -0.497 e. The van der Waals surface area contributed by atoms with Crippen molar-refractivity contribution in [3.8, 4) is 5.75 Å². The molecule has 1 amide bonds. The fourth-order valence-corrected chi connectivity index (χ4v) is 5.37. The van der Waals surface area contributed by atoms with Crippen LogP contribution in [0.5, 0.6) is 5.75 Å². The molecule has 0 spiro atoms. The molecule has 0 aliphatic rings. The molecule has 0 aliphatic heterocycles. The SMILES string of the molecule is CNCc1cccc(S(=O)(=O)c2cc(C)c3ncc(C(N)=O)c(Nc4cccc(OC)c4)c3c2)c1. The number of aryl methyl sites for hydroxylation is 1. The van der Waals surface area contributed by atoms with E-state index in [9.17, 15) is 13.2 Å². The number of carbonyl (C=O) groups is 1. The molecule has 1 heterocycles. The lowest BCUT2D eigenvalue weighted by molar-refractivity contribution is 0.100. The summed E-state index contributed by atoms with van der Waals surface area (Å²) in [5, 5.41) is 6.71. The Labute approximate surface area is 204 Å². The molecular weight excluding hydrogens is 464 g/mol. The summed E-state index contributed by atoms with van der Waals surface area (Å²) in [5.74, 6) is -0.0645. The number of ether oxygens (including phenoxy) is 1. The van der Waals surface area contributed by atoms with Gasteiger partial charge in [-0.1, -0.05) is 18.2 Å². The molecular formula is C26H26N4O4S. The van der Waals surface area contributed by atoms with Gasteiger partial charge in [-0.2, -0.15) is 0 Å². The van der Waals surface area contributed by atoms with Gasteiger partial charge >= 0.3 is 0 Å². The molecule has 1 aromatic heterocycles. The molecule has 0 radical (unpaired) electrons. The van der Waals surface area contributed by atoms with Crippen molar-refractivity contribution in [1.29, 1.82) is 0 Å². The summed E-state index contributed by atoms with van der Waals surface area (Å²) in [5.41, 5.74) is 8.87. The van der Waals surface area contributed by atoms with Gasteiger partial charge in [-0.3, -0.25) is 9.78 Å². The van der Waals surface area contributed by atoms with Crippen molar-refractivity contribution in [2.24, 2.45) is 5.73 Å². The van der Waals surface area contributed by atoms with Crippen molar-refractivity contribution < 1.29 is 17.9 Å². The van der Waals surface area contributed by atoms with Crippen LogP contribution in [-0.2, 0) is 16.4 Å². The van der Waals surface area contributed by atoms with Crippen molar-refractivity contribution in [2.75, 3.05) is 19.5 Å². The Kier molecular flexibility index (Phi) is 6.72. The fraction of sp³-hybridized carbons (Fsp3) is 0.154. The van der Waals surface area contributed by atoms with Gasteiger partial charge in [-0.15, -0.1) is 0 Å². The van der Waals surface area contributed by atoms with Crippen LogP contribution in [0.15, 0.2) is 76.7 Å². The van der Waals surface area contributed by atoms with E-state index in [-0.39, 0.29) is 15.4 Å². The van der Waals surface area contributed by atoms with Crippen LogP contribution in [0.4, 0.5) is 11.4 Å². The summed E-state index contributed by atoms with van der Waals surface area (Å²) in [6.07, 6.45) is 1.40. The van der Waals surface area contributed by atoms with E-state index >= 15 is 0 Å². The number of nitrogens with zero attached hydrogens (tertiary/aromatic N) is 1. The monoisotopic (exact) mass is 490 g/mol. The smallest absolute Gasteiger partial charge is 0.252 e. The topological polar surface area (TPSA) is 123 Å². The highest BCUT2D eigenvalue weighted by molar-refractivity contribution is 7.91. The highest BCUT2D eigenvalue weighted by Crippen LogP contribution is 2.35. The third kappa shape index (κ3) is 4.82. The first-order chi connectivity index (χ1) is 16.7. The molecule has 0 fully saturated rings. The van der Waals surface area contributed by atoms with Crippen molar-refractivity contribution in [3.63, 3.8) is 0 Å². The van der Waals surface area contributed by atoms with E-state index < -0.39 is 15.7 Å². The van der Waals surface area contributed by atoms with E-state index in [0.29, 0.717) is 40.1 Å². The fourth-order valence-electron chi connectivity index (χ4n) is 3.93. The highest BCUT2D eigenvalue weighted by atomic mass is 32.2. The number of hydrogen-bond donors (Lipinski definition) is 3. The number of primary amides is 1. The standard InChI is InChI=1S/C26H26N4O4S/c1-16-10-21(35(32,33)20-9-4-6-17(11-20)14-28-2)13-22-24(16)29-15-23(26(27)31)25(22)30-18-7-5-8-19(12-18)34-3/h4-13,15,28H,14H2,1-3H3,(H2,27,31)(H,29,30). The van der Waals surface area contributed by atoms with Crippen LogP contribution < -0.4 is 21.1 Å². The quantitative estimate of drug-likeness (QED) is 0.342.